The Morgan fingerprint density at radius 3 is 2.57 bits per heavy atom. The van der Waals surface area contributed by atoms with Crippen LogP contribution in [0.3, 0.4) is 0 Å². The van der Waals surface area contributed by atoms with Gasteiger partial charge in [0.15, 0.2) is 0 Å². The minimum absolute atomic E-state index is 0.0631. The average Bonchev–Trinajstić information content (AvgIpc) is 2.56. The van der Waals surface area contributed by atoms with Crippen LogP contribution in [-0.4, -0.2) is 34.1 Å². The molecule has 0 N–H and O–H groups in total. The summed E-state index contributed by atoms with van der Waals surface area (Å²) in [5.74, 6) is 0.624. The summed E-state index contributed by atoms with van der Waals surface area (Å²) in [6.07, 6.45) is 5.15. The molecule has 4 nitrogen and oxygen atoms in total. The summed E-state index contributed by atoms with van der Waals surface area (Å²) in [5, 5.41) is 7.49. The van der Waals surface area contributed by atoms with Gasteiger partial charge in [0.05, 0.1) is 18.0 Å². The number of likely N-dealkylation sites (tertiary alicyclic amines) is 1. The lowest BCUT2D eigenvalue weighted by molar-refractivity contribution is 0.0712. The Morgan fingerprint density at radius 1 is 1.14 bits per heavy atom. The number of hydrogen-bond acceptors (Lipinski definition) is 3. The monoisotopic (exact) mass is 281 g/mol. The number of rotatable bonds is 2. The molecule has 1 aliphatic heterocycles. The van der Waals surface area contributed by atoms with E-state index in [1.54, 1.807) is 12.3 Å². The van der Waals surface area contributed by atoms with E-state index in [1.807, 2.05) is 4.90 Å². The number of aryl methyl sites for hydroxylation is 1. The number of piperidine rings is 1. The molecule has 0 saturated carbocycles. The lowest BCUT2D eigenvalue weighted by Crippen LogP contribution is -2.38. The number of carbonyl (C=O) groups is 1. The van der Waals surface area contributed by atoms with Gasteiger partial charge in [-0.05, 0) is 42.9 Å². The number of nitrogens with zero attached hydrogens (tertiary/aromatic N) is 3. The van der Waals surface area contributed by atoms with Gasteiger partial charge < -0.3 is 4.90 Å². The van der Waals surface area contributed by atoms with Gasteiger partial charge in [-0.3, -0.25) is 4.79 Å². The summed E-state index contributed by atoms with van der Waals surface area (Å²) < 4.78 is 0. The van der Waals surface area contributed by atoms with Gasteiger partial charge in [0.1, 0.15) is 0 Å². The molecule has 1 aromatic heterocycles. The van der Waals surface area contributed by atoms with Crippen LogP contribution in [0.25, 0.3) is 0 Å². The summed E-state index contributed by atoms with van der Waals surface area (Å²) in [7, 11) is 0. The highest BCUT2D eigenvalue weighted by Gasteiger charge is 2.25. The third kappa shape index (κ3) is 2.94. The van der Waals surface area contributed by atoms with E-state index in [2.05, 4.69) is 41.4 Å². The molecule has 0 bridgehead atoms. The molecule has 1 fully saturated rings. The zero-order chi connectivity index (χ0) is 14.7. The van der Waals surface area contributed by atoms with Crippen LogP contribution in [0.15, 0.2) is 42.7 Å². The molecule has 108 valence electrons. The van der Waals surface area contributed by atoms with Crippen LogP contribution in [0, 0.1) is 6.92 Å². The fourth-order valence-corrected chi connectivity index (χ4v) is 3.04. The van der Waals surface area contributed by atoms with Crippen LogP contribution in [0.4, 0.5) is 0 Å². The minimum Gasteiger partial charge on any atom is -0.339 e. The molecule has 2 heterocycles. The normalized spacial score (nSPS) is 16.0. The van der Waals surface area contributed by atoms with Crippen LogP contribution in [-0.2, 0) is 0 Å². The molecule has 1 aliphatic rings. The van der Waals surface area contributed by atoms with E-state index in [0.717, 1.165) is 25.9 Å². The highest BCUT2D eigenvalue weighted by Crippen LogP contribution is 2.30. The van der Waals surface area contributed by atoms with Gasteiger partial charge in [0.2, 0.25) is 0 Å². The first-order chi connectivity index (χ1) is 10.3. The number of amides is 1. The van der Waals surface area contributed by atoms with E-state index in [4.69, 9.17) is 0 Å². The Bertz CT molecular complexity index is 619. The molecule has 0 unspecified atom stereocenters. The van der Waals surface area contributed by atoms with Crippen LogP contribution in [0.5, 0.6) is 0 Å². The predicted octanol–water partition coefficient (Wildman–Crippen LogP) is 2.80. The van der Waals surface area contributed by atoms with Crippen LogP contribution >= 0.6 is 0 Å². The minimum atomic E-state index is 0.0631. The quantitative estimate of drug-likeness (QED) is 0.850. The van der Waals surface area contributed by atoms with Gasteiger partial charge in [0, 0.05) is 13.1 Å². The topological polar surface area (TPSA) is 46.1 Å². The molecule has 0 radical (unpaired) electrons. The highest BCUT2D eigenvalue weighted by molar-refractivity contribution is 5.93. The maximum Gasteiger partial charge on any atom is 0.255 e. The molecular formula is C17H19N3O. The van der Waals surface area contributed by atoms with Crippen molar-refractivity contribution in [3.8, 4) is 0 Å². The van der Waals surface area contributed by atoms with Crippen LogP contribution in [0.2, 0.25) is 0 Å². The van der Waals surface area contributed by atoms with E-state index in [0.29, 0.717) is 11.5 Å². The molecule has 3 rings (SSSR count). The molecule has 4 heteroatoms. The number of carbonyl (C=O) groups excluding carboxylic acids is 1. The first-order valence-electron chi connectivity index (χ1n) is 7.37. The van der Waals surface area contributed by atoms with Crippen molar-refractivity contribution in [3.63, 3.8) is 0 Å². The van der Waals surface area contributed by atoms with E-state index in [1.165, 1.54) is 17.3 Å². The van der Waals surface area contributed by atoms with E-state index in [9.17, 15) is 4.79 Å². The van der Waals surface area contributed by atoms with Crippen LogP contribution < -0.4 is 0 Å². The first kappa shape index (κ1) is 13.7. The zero-order valence-corrected chi connectivity index (χ0v) is 12.2. The Hall–Kier alpha value is -2.23. The summed E-state index contributed by atoms with van der Waals surface area (Å²) in [6.45, 7) is 3.77. The van der Waals surface area contributed by atoms with Crippen molar-refractivity contribution in [2.75, 3.05) is 13.1 Å². The highest BCUT2D eigenvalue weighted by atomic mass is 16.2. The van der Waals surface area contributed by atoms with Crippen molar-refractivity contribution in [1.82, 2.24) is 15.1 Å². The summed E-state index contributed by atoms with van der Waals surface area (Å²) in [4.78, 5) is 14.3. The third-order valence-electron chi connectivity index (χ3n) is 4.24. The molecule has 0 aliphatic carbocycles. The lowest BCUT2D eigenvalue weighted by atomic mass is 9.87. The van der Waals surface area contributed by atoms with Gasteiger partial charge in [-0.15, -0.1) is 0 Å². The Morgan fingerprint density at radius 2 is 1.90 bits per heavy atom. The fourth-order valence-electron chi connectivity index (χ4n) is 3.04. The van der Waals surface area contributed by atoms with Gasteiger partial charge in [-0.25, -0.2) is 0 Å². The third-order valence-corrected chi connectivity index (χ3v) is 4.24. The Balaban J connectivity index is 1.66. The number of aromatic nitrogens is 2. The zero-order valence-electron chi connectivity index (χ0n) is 12.2. The predicted molar refractivity (Wildman–Crippen MR) is 81.1 cm³/mol. The molecule has 1 aromatic carbocycles. The summed E-state index contributed by atoms with van der Waals surface area (Å²) >= 11 is 0. The van der Waals surface area contributed by atoms with Crippen LogP contribution in [0.1, 0.15) is 40.2 Å². The van der Waals surface area contributed by atoms with Gasteiger partial charge in [-0.2, -0.15) is 10.2 Å². The maximum atomic E-state index is 12.4. The average molecular weight is 281 g/mol. The van der Waals surface area contributed by atoms with Crippen molar-refractivity contribution in [1.29, 1.82) is 0 Å². The number of benzene rings is 1. The fraction of sp³-hybridized carbons (Fsp3) is 0.353. The largest absolute Gasteiger partial charge is 0.339 e. The molecule has 0 spiro atoms. The molecule has 0 atom stereocenters. The van der Waals surface area contributed by atoms with Crippen molar-refractivity contribution in [3.05, 3.63) is 59.4 Å². The van der Waals surface area contributed by atoms with E-state index < -0.39 is 0 Å². The molecule has 2 aromatic rings. The Kier molecular flexibility index (Phi) is 3.95. The SMILES string of the molecule is Cc1ccccc1C1CCN(C(=O)c2ccnnc2)CC1. The molecule has 1 amide bonds. The molecule has 21 heavy (non-hydrogen) atoms. The summed E-state index contributed by atoms with van der Waals surface area (Å²) in [5.41, 5.74) is 3.40. The summed E-state index contributed by atoms with van der Waals surface area (Å²) in [6, 6.07) is 10.3. The molecule has 1 saturated heterocycles. The Labute approximate surface area is 124 Å². The second-order valence-corrected chi connectivity index (χ2v) is 5.55. The van der Waals surface area contributed by atoms with Gasteiger partial charge in [0.25, 0.3) is 5.91 Å². The van der Waals surface area contributed by atoms with E-state index in [-0.39, 0.29) is 5.91 Å². The molecular weight excluding hydrogens is 262 g/mol. The maximum absolute atomic E-state index is 12.4. The standard InChI is InChI=1S/C17H19N3O/c1-13-4-2-3-5-16(13)14-7-10-20(11-8-14)17(21)15-6-9-18-19-12-15/h2-6,9,12,14H,7-8,10-11H2,1H3. The van der Waals surface area contributed by atoms with Crippen molar-refractivity contribution in [2.24, 2.45) is 0 Å². The van der Waals surface area contributed by atoms with Gasteiger partial charge in [-0.1, -0.05) is 24.3 Å². The smallest absolute Gasteiger partial charge is 0.255 e. The van der Waals surface area contributed by atoms with Gasteiger partial charge >= 0.3 is 0 Å². The second kappa shape index (κ2) is 6.04. The van der Waals surface area contributed by atoms with Crippen molar-refractivity contribution < 1.29 is 4.79 Å². The number of hydrogen-bond donors (Lipinski definition) is 0. The van der Waals surface area contributed by atoms with E-state index >= 15 is 0 Å². The first-order valence-corrected chi connectivity index (χ1v) is 7.37. The van der Waals surface area contributed by atoms with Crippen molar-refractivity contribution in [2.45, 2.75) is 25.7 Å². The lowest BCUT2D eigenvalue weighted by Gasteiger charge is -2.32. The second-order valence-electron chi connectivity index (χ2n) is 5.55. The van der Waals surface area contributed by atoms with Crippen molar-refractivity contribution >= 4 is 5.91 Å².